The molecule has 0 aromatic rings. The number of hydrogen-bond acceptors (Lipinski definition) is 3. The van der Waals surface area contributed by atoms with E-state index in [9.17, 15) is 4.79 Å². The summed E-state index contributed by atoms with van der Waals surface area (Å²) in [4.78, 5) is 11.6. The zero-order valence-electron chi connectivity index (χ0n) is 11.0. The molecule has 0 aliphatic carbocycles. The van der Waals surface area contributed by atoms with Crippen LogP contribution in [0.25, 0.3) is 0 Å². The number of hydrogen-bond donors (Lipinski definition) is 1. The van der Waals surface area contributed by atoms with E-state index in [1.807, 2.05) is 27.7 Å². The highest BCUT2D eigenvalue weighted by Gasteiger charge is 2.23. The van der Waals surface area contributed by atoms with Crippen LogP contribution >= 0.6 is 0 Å². The van der Waals surface area contributed by atoms with E-state index >= 15 is 0 Å². The first kappa shape index (κ1) is 13.6. The minimum atomic E-state index is -0.475. The van der Waals surface area contributed by atoms with Gasteiger partial charge < -0.3 is 14.8 Å². The van der Waals surface area contributed by atoms with Gasteiger partial charge in [0.2, 0.25) is 0 Å². The summed E-state index contributed by atoms with van der Waals surface area (Å²) < 4.78 is 10.7. The summed E-state index contributed by atoms with van der Waals surface area (Å²) in [5.41, 5.74) is 0.615. The van der Waals surface area contributed by atoms with E-state index < -0.39 is 11.7 Å². The van der Waals surface area contributed by atoms with Gasteiger partial charge in [0.15, 0.2) is 0 Å². The summed E-state index contributed by atoms with van der Waals surface area (Å²) in [5.74, 6) is 0.812. The summed E-state index contributed by atoms with van der Waals surface area (Å²) in [6, 6.07) is -0.0338. The number of carbonyl (C=O) groups excluding carboxylic acids is 1. The maximum atomic E-state index is 11.6. The Hall–Kier alpha value is -1.45. The molecule has 0 aromatic heterocycles. The van der Waals surface area contributed by atoms with Gasteiger partial charge in [-0.15, -0.1) is 0 Å². The van der Waals surface area contributed by atoms with Crippen molar-refractivity contribution >= 4 is 6.09 Å². The van der Waals surface area contributed by atoms with Gasteiger partial charge in [0.1, 0.15) is 18.0 Å². The Balaban J connectivity index is 2.48. The molecule has 0 radical (unpaired) electrons. The lowest BCUT2D eigenvalue weighted by Gasteiger charge is -2.27. The average molecular weight is 239 g/mol. The molecule has 4 heteroatoms. The van der Waals surface area contributed by atoms with E-state index in [4.69, 9.17) is 9.47 Å². The maximum absolute atomic E-state index is 11.6. The quantitative estimate of drug-likeness (QED) is 0.806. The zero-order valence-corrected chi connectivity index (χ0v) is 11.0. The van der Waals surface area contributed by atoms with Crippen LogP contribution in [0.3, 0.4) is 0 Å². The molecule has 1 atom stereocenters. The van der Waals surface area contributed by atoms with Crippen molar-refractivity contribution < 1.29 is 14.3 Å². The van der Waals surface area contributed by atoms with Crippen molar-refractivity contribution in [3.8, 4) is 0 Å². The second-order valence-corrected chi connectivity index (χ2v) is 5.21. The first-order valence-corrected chi connectivity index (χ1v) is 5.76. The molecule has 1 aliphatic rings. The van der Waals surface area contributed by atoms with E-state index in [-0.39, 0.29) is 6.04 Å². The Morgan fingerprint density at radius 3 is 2.71 bits per heavy atom. The smallest absolute Gasteiger partial charge is 0.408 e. The lowest BCUT2D eigenvalue weighted by atomic mass is 10.0. The van der Waals surface area contributed by atoms with Crippen molar-refractivity contribution in [2.75, 3.05) is 6.61 Å². The van der Waals surface area contributed by atoms with E-state index in [0.29, 0.717) is 6.61 Å². The summed E-state index contributed by atoms with van der Waals surface area (Å²) in [5, 5.41) is 2.80. The van der Waals surface area contributed by atoms with Crippen LogP contribution in [-0.4, -0.2) is 24.3 Å². The predicted molar refractivity (Wildman–Crippen MR) is 66.6 cm³/mol. The van der Waals surface area contributed by atoms with Crippen LogP contribution in [0.4, 0.5) is 4.79 Å². The third kappa shape index (κ3) is 4.51. The van der Waals surface area contributed by atoms with Crippen LogP contribution in [0.1, 0.15) is 34.1 Å². The van der Waals surface area contributed by atoms with Crippen LogP contribution in [0.5, 0.6) is 0 Å². The highest BCUT2D eigenvalue weighted by atomic mass is 16.6. The van der Waals surface area contributed by atoms with Crippen molar-refractivity contribution in [3.05, 3.63) is 24.0 Å². The number of carbonyl (C=O) groups is 1. The Morgan fingerprint density at radius 1 is 1.59 bits per heavy atom. The van der Waals surface area contributed by atoms with E-state index in [1.54, 1.807) is 6.08 Å². The molecule has 1 heterocycles. The second kappa shape index (κ2) is 5.25. The van der Waals surface area contributed by atoms with Gasteiger partial charge in [0, 0.05) is 0 Å². The number of nitrogens with one attached hydrogen (secondary N) is 1. The first-order chi connectivity index (χ1) is 7.81. The van der Waals surface area contributed by atoms with Gasteiger partial charge in [0.25, 0.3) is 0 Å². The first-order valence-electron chi connectivity index (χ1n) is 5.76. The predicted octanol–water partition coefficient (Wildman–Crippen LogP) is 2.76. The summed E-state index contributed by atoms with van der Waals surface area (Å²) in [6.07, 6.45) is 2.06. The normalized spacial score (nSPS) is 20.6. The Labute approximate surface area is 103 Å². The molecular weight excluding hydrogens is 218 g/mol. The highest BCUT2D eigenvalue weighted by molar-refractivity contribution is 5.68. The van der Waals surface area contributed by atoms with Crippen molar-refractivity contribution in [1.82, 2.24) is 5.32 Å². The van der Waals surface area contributed by atoms with Gasteiger partial charge in [-0.1, -0.05) is 6.58 Å². The second-order valence-electron chi connectivity index (χ2n) is 5.21. The largest absolute Gasteiger partial charge is 0.492 e. The van der Waals surface area contributed by atoms with Crippen molar-refractivity contribution in [1.29, 1.82) is 0 Å². The average Bonchev–Trinajstić information content (AvgIpc) is 2.14. The van der Waals surface area contributed by atoms with Gasteiger partial charge in [-0.05, 0) is 45.8 Å². The fourth-order valence-electron chi connectivity index (χ4n) is 1.64. The van der Waals surface area contributed by atoms with Gasteiger partial charge >= 0.3 is 6.09 Å². The molecule has 0 saturated heterocycles. The lowest BCUT2D eigenvalue weighted by Crippen LogP contribution is -2.42. The van der Waals surface area contributed by atoms with Gasteiger partial charge in [-0.25, -0.2) is 4.79 Å². The Morgan fingerprint density at radius 2 is 2.24 bits per heavy atom. The maximum Gasteiger partial charge on any atom is 0.408 e. The molecule has 1 rings (SSSR count). The third-order valence-electron chi connectivity index (χ3n) is 2.32. The Bertz CT molecular complexity index is 339. The number of rotatable bonds is 2. The molecule has 0 saturated carbocycles. The lowest BCUT2D eigenvalue weighted by molar-refractivity contribution is 0.0463. The Kier molecular flexibility index (Phi) is 4.21. The van der Waals surface area contributed by atoms with Crippen LogP contribution in [0, 0.1) is 0 Å². The fourth-order valence-corrected chi connectivity index (χ4v) is 1.64. The van der Waals surface area contributed by atoms with Gasteiger partial charge in [-0.3, -0.25) is 0 Å². The fraction of sp³-hybridized carbons (Fsp3) is 0.615. The van der Waals surface area contributed by atoms with Crippen molar-refractivity contribution in [2.24, 2.45) is 0 Å². The van der Waals surface area contributed by atoms with Crippen LogP contribution in [-0.2, 0) is 9.47 Å². The minimum Gasteiger partial charge on any atom is -0.492 e. The summed E-state index contributed by atoms with van der Waals surface area (Å²) in [6.45, 7) is 11.6. The standard InChI is InChI=1S/C13H21NO3/c1-6-11-9(2)7-10(8-16-11)14-12(15)17-13(3,4)5/h6,10H,1,7-8H2,2-5H3,(H,14,15). The molecule has 1 N–H and O–H groups in total. The molecule has 17 heavy (non-hydrogen) atoms. The number of amides is 1. The SMILES string of the molecule is C=CC1=C(C)CC(NC(=O)OC(C)(C)C)CO1. The molecule has 4 nitrogen and oxygen atoms in total. The molecule has 0 spiro atoms. The summed E-state index contributed by atoms with van der Waals surface area (Å²) >= 11 is 0. The molecule has 1 amide bonds. The molecule has 0 aromatic carbocycles. The van der Waals surface area contributed by atoms with Crippen LogP contribution in [0.2, 0.25) is 0 Å². The molecule has 1 aliphatic heterocycles. The van der Waals surface area contributed by atoms with Crippen LogP contribution in [0.15, 0.2) is 24.0 Å². The van der Waals surface area contributed by atoms with E-state index in [2.05, 4.69) is 11.9 Å². The zero-order chi connectivity index (χ0) is 13.1. The monoisotopic (exact) mass is 239 g/mol. The molecule has 1 unspecified atom stereocenters. The van der Waals surface area contributed by atoms with E-state index in [0.717, 1.165) is 17.8 Å². The summed E-state index contributed by atoms with van der Waals surface area (Å²) in [7, 11) is 0. The van der Waals surface area contributed by atoms with Gasteiger partial charge in [0.05, 0.1) is 6.04 Å². The number of allylic oxidation sites excluding steroid dienone is 1. The molecule has 0 fully saturated rings. The van der Waals surface area contributed by atoms with Crippen molar-refractivity contribution in [2.45, 2.75) is 45.8 Å². The minimum absolute atomic E-state index is 0.0338. The van der Waals surface area contributed by atoms with E-state index in [1.165, 1.54) is 0 Å². The number of alkyl carbamates (subject to hydrolysis) is 1. The molecule has 96 valence electrons. The molecular formula is C13H21NO3. The topological polar surface area (TPSA) is 47.6 Å². The number of ether oxygens (including phenoxy) is 2. The highest BCUT2D eigenvalue weighted by Crippen LogP contribution is 2.19. The molecule has 0 bridgehead atoms. The third-order valence-corrected chi connectivity index (χ3v) is 2.32. The van der Waals surface area contributed by atoms with Crippen molar-refractivity contribution in [3.63, 3.8) is 0 Å². The van der Waals surface area contributed by atoms with Crippen LogP contribution < -0.4 is 5.32 Å². The van der Waals surface area contributed by atoms with Gasteiger partial charge in [-0.2, -0.15) is 0 Å².